The second-order valence-corrected chi connectivity index (χ2v) is 2.80. The van der Waals surface area contributed by atoms with Gasteiger partial charge < -0.3 is 0 Å². The molecule has 1 aromatic carbocycles. The molecule has 1 radical (unpaired) electrons. The van der Waals surface area contributed by atoms with E-state index in [4.69, 9.17) is 11.6 Å². The van der Waals surface area contributed by atoms with E-state index in [9.17, 15) is 0 Å². The summed E-state index contributed by atoms with van der Waals surface area (Å²) in [7, 11) is 0. The van der Waals surface area contributed by atoms with Crippen molar-refractivity contribution in [1.82, 2.24) is 9.78 Å². The number of halogens is 1. The van der Waals surface area contributed by atoms with Crippen LogP contribution in [0, 0.1) is 6.20 Å². The Morgan fingerprint density at radius 1 is 1.25 bits per heavy atom. The molecule has 0 saturated carbocycles. The van der Waals surface area contributed by atoms with Gasteiger partial charge in [0.2, 0.25) is 0 Å². The van der Waals surface area contributed by atoms with E-state index in [2.05, 4.69) is 11.3 Å². The fraction of sp³-hybridized carbons (Fsp3) is 0. The maximum Gasteiger partial charge on any atom is 0.113 e. The first-order valence-electron chi connectivity index (χ1n) is 3.54. The smallest absolute Gasteiger partial charge is 0.113 e. The minimum atomic E-state index is 0.731. The van der Waals surface area contributed by atoms with Crippen LogP contribution in [0.1, 0.15) is 0 Å². The lowest BCUT2D eigenvalue weighted by Crippen LogP contribution is -1.92. The summed E-state index contributed by atoms with van der Waals surface area (Å²) in [6, 6.07) is 9.23. The third-order valence-corrected chi connectivity index (χ3v) is 1.80. The number of aromatic nitrogens is 2. The van der Waals surface area contributed by atoms with Crippen LogP contribution in [0.3, 0.4) is 0 Å². The van der Waals surface area contributed by atoms with Crippen molar-refractivity contribution < 1.29 is 0 Å². The number of rotatable bonds is 1. The summed E-state index contributed by atoms with van der Waals surface area (Å²) in [5, 5.41) is 4.70. The monoisotopic (exact) mass is 177 g/mol. The lowest BCUT2D eigenvalue weighted by Gasteiger charge is -1.99. The normalized spacial score (nSPS) is 10.1. The summed E-state index contributed by atoms with van der Waals surface area (Å²) in [6.45, 7) is 0. The van der Waals surface area contributed by atoms with E-state index >= 15 is 0 Å². The quantitative estimate of drug-likeness (QED) is 0.654. The van der Waals surface area contributed by atoms with Gasteiger partial charge in [0.15, 0.2) is 0 Å². The highest BCUT2D eigenvalue weighted by atomic mass is 35.5. The van der Waals surface area contributed by atoms with Gasteiger partial charge in [-0.05, 0) is 30.3 Å². The largest absolute Gasteiger partial charge is 0.240 e. The topological polar surface area (TPSA) is 17.8 Å². The van der Waals surface area contributed by atoms with Gasteiger partial charge in [0.25, 0.3) is 0 Å². The molecule has 0 atom stereocenters. The first kappa shape index (κ1) is 7.37. The second kappa shape index (κ2) is 2.99. The van der Waals surface area contributed by atoms with Crippen LogP contribution in [-0.2, 0) is 0 Å². The summed E-state index contributed by atoms with van der Waals surface area (Å²) < 4.78 is 1.73. The van der Waals surface area contributed by atoms with Gasteiger partial charge in [0.05, 0.1) is 5.69 Å². The molecule has 0 saturated heterocycles. The van der Waals surface area contributed by atoms with Gasteiger partial charge in [-0.2, -0.15) is 5.10 Å². The minimum absolute atomic E-state index is 0.731. The average Bonchev–Trinajstić information content (AvgIpc) is 2.58. The van der Waals surface area contributed by atoms with Gasteiger partial charge in [-0.3, -0.25) is 0 Å². The average molecular weight is 178 g/mol. The summed E-state index contributed by atoms with van der Waals surface area (Å²) in [4.78, 5) is 0. The predicted octanol–water partition coefficient (Wildman–Crippen LogP) is 2.33. The molecule has 1 heterocycles. The highest BCUT2D eigenvalue weighted by molar-refractivity contribution is 6.30. The molecule has 0 aliphatic carbocycles. The third-order valence-electron chi connectivity index (χ3n) is 1.55. The number of hydrogen-bond acceptors (Lipinski definition) is 1. The van der Waals surface area contributed by atoms with Crippen LogP contribution in [0.4, 0.5) is 0 Å². The Labute approximate surface area is 75.4 Å². The lowest BCUT2D eigenvalue weighted by molar-refractivity contribution is 0.877. The van der Waals surface area contributed by atoms with Gasteiger partial charge >= 0.3 is 0 Å². The lowest BCUT2D eigenvalue weighted by atomic mass is 10.3. The Balaban J connectivity index is 2.43. The molecule has 2 nitrogen and oxygen atoms in total. The van der Waals surface area contributed by atoms with E-state index < -0.39 is 0 Å². The molecule has 12 heavy (non-hydrogen) atoms. The highest BCUT2D eigenvalue weighted by Crippen LogP contribution is 2.11. The summed E-state index contributed by atoms with van der Waals surface area (Å²) >= 11 is 5.74. The van der Waals surface area contributed by atoms with Gasteiger partial charge in [0.1, 0.15) is 6.20 Å². The zero-order valence-corrected chi connectivity index (χ0v) is 6.99. The Bertz CT molecular complexity index is 351. The Hall–Kier alpha value is -1.28. The fourth-order valence-electron chi connectivity index (χ4n) is 0.970. The predicted molar refractivity (Wildman–Crippen MR) is 47.4 cm³/mol. The van der Waals surface area contributed by atoms with Crippen molar-refractivity contribution in [3.8, 4) is 5.69 Å². The SMILES string of the molecule is Clc1ccc(-n2cc[c]n2)cc1. The van der Waals surface area contributed by atoms with E-state index in [1.54, 1.807) is 10.7 Å². The van der Waals surface area contributed by atoms with Crippen molar-refractivity contribution in [3.63, 3.8) is 0 Å². The van der Waals surface area contributed by atoms with Gasteiger partial charge in [-0.25, -0.2) is 4.68 Å². The molecule has 2 rings (SSSR count). The van der Waals surface area contributed by atoms with Crippen LogP contribution >= 0.6 is 11.6 Å². The zero-order valence-electron chi connectivity index (χ0n) is 6.24. The first-order valence-corrected chi connectivity index (χ1v) is 3.92. The standard InChI is InChI=1S/C9H6ClN2/c10-8-2-4-9(5-3-8)12-7-1-6-11-12/h1-5,7H. The molecule has 1 aromatic heterocycles. The van der Waals surface area contributed by atoms with E-state index in [1.165, 1.54) is 0 Å². The zero-order chi connectivity index (χ0) is 8.39. The molecule has 2 aromatic rings. The van der Waals surface area contributed by atoms with Crippen molar-refractivity contribution in [3.05, 3.63) is 47.7 Å². The van der Waals surface area contributed by atoms with Crippen molar-refractivity contribution >= 4 is 11.6 Å². The maximum atomic E-state index is 5.74. The van der Waals surface area contributed by atoms with Crippen LogP contribution in [0.25, 0.3) is 5.69 Å². The Morgan fingerprint density at radius 2 is 2.00 bits per heavy atom. The molecule has 59 valence electrons. The summed E-state index contributed by atoms with van der Waals surface area (Å²) in [5.41, 5.74) is 0.987. The van der Waals surface area contributed by atoms with Gasteiger partial charge in [0, 0.05) is 11.2 Å². The van der Waals surface area contributed by atoms with Crippen LogP contribution in [0.5, 0.6) is 0 Å². The molecular formula is C9H6ClN2. The maximum absolute atomic E-state index is 5.74. The summed E-state index contributed by atoms with van der Waals surface area (Å²) in [5.74, 6) is 0. The fourth-order valence-corrected chi connectivity index (χ4v) is 1.10. The van der Waals surface area contributed by atoms with E-state index in [0.29, 0.717) is 0 Å². The number of benzene rings is 1. The molecule has 0 fully saturated rings. The third kappa shape index (κ3) is 1.34. The molecule has 0 amide bonds. The molecular weight excluding hydrogens is 172 g/mol. The number of nitrogens with zero attached hydrogens (tertiary/aromatic N) is 2. The number of hydrogen-bond donors (Lipinski definition) is 0. The molecule has 0 aliphatic heterocycles. The van der Waals surface area contributed by atoms with Crippen molar-refractivity contribution in [2.45, 2.75) is 0 Å². The first-order chi connectivity index (χ1) is 5.86. The Morgan fingerprint density at radius 3 is 2.58 bits per heavy atom. The van der Waals surface area contributed by atoms with E-state index in [1.807, 2.05) is 30.5 Å². The van der Waals surface area contributed by atoms with Crippen molar-refractivity contribution in [2.24, 2.45) is 0 Å². The molecule has 0 N–H and O–H groups in total. The minimum Gasteiger partial charge on any atom is -0.240 e. The van der Waals surface area contributed by atoms with Gasteiger partial charge in [-0.1, -0.05) is 11.6 Å². The van der Waals surface area contributed by atoms with Crippen LogP contribution < -0.4 is 0 Å². The summed E-state index contributed by atoms with van der Waals surface area (Å²) in [6.07, 6.45) is 4.56. The van der Waals surface area contributed by atoms with Crippen molar-refractivity contribution in [1.29, 1.82) is 0 Å². The van der Waals surface area contributed by atoms with Gasteiger partial charge in [-0.15, -0.1) is 0 Å². The van der Waals surface area contributed by atoms with Crippen LogP contribution in [0.15, 0.2) is 36.5 Å². The van der Waals surface area contributed by atoms with E-state index in [-0.39, 0.29) is 0 Å². The molecule has 0 bridgehead atoms. The molecule has 0 unspecified atom stereocenters. The van der Waals surface area contributed by atoms with Crippen LogP contribution in [0.2, 0.25) is 5.02 Å². The molecule has 3 heteroatoms. The molecule has 0 aliphatic rings. The van der Waals surface area contributed by atoms with Crippen molar-refractivity contribution in [2.75, 3.05) is 0 Å². The van der Waals surface area contributed by atoms with Crippen LogP contribution in [-0.4, -0.2) is 9.78 Å². The highest BCUT2D eigenvalue weighted by Gasteiger charge is 1.94. The molecule has 0 spiro atoms. The van der Waals surface area contributed by atoms with E-state index in [0.717, 1.165) is 10.7 Å². The Kier molecular flexibility index (Phi) is 1.84. The second-order valence-electron chi connectivity index (χ2n) is 2.37.